The average Bonchev–Trinajstić information content (AvgIpc) is 3.29. The van der Waals surface area contributed by atoms with Gasteiger partial charge in [-0.2, -0.15) is 0 Å². The second-order valence-corrected chi connectivity index (χ2v) is 8.29. The summed E-state index contributed by atoms with van der Waals surface area (Å²) in [5.74, 6) is 1.88. The minimum atomic E-state index is 0.727. The molecule has 2 aromatic heterocycles. The molecule has 0 saturated carbocycles. The summed E-state index contributed by atoms with van der Waals surface area (Å²) in [6.45, 7) is 5.05. The fourth-order valence-electron chi connectivity index (χ4n) is 4.15. The van der Waals surface area contributed by atoms with E-state index in [-0.39, 0.29) is 0 Å². The van der Waals surface area contributed by atoms with Crippen molar-refractivity contribution < 1.29 is 0 Å². The van der Waals surface area contributed by atoms with Crippen molar-refractivity contribution >= 4 is 17.4 Å². The van der Waals surface area contributed by atoms with Crippen LogP contribution in [-0.4, -0.2) is 39.5 Å². The number of benzene rings is 1. The maximum Gasteiger partial charge on any atom is 0.159 e. The molecule has 5 rings (SSSR count). The van der Waals surface area contributed by atoms with E-state index in [1.54, 1.807) is 0 Å². The molecule has 0 amide bonds. The first-order valence-corrected chi connectivity index (χ1v) is 10.7. The minimum Gasteiger partial charge on any atom is -0.357 e. The third-order valence-corrected chi connectivity index (χ3v) is 6.01. The lowest BCUT2D eigenvalue weighted by molar-refractivity contribution is 0.242. The largest absolute Gasteiger partial charge is 0.357 e. The first-order chi connectivity index (χ1) is 14.2. The Morgan fingerprint density at radius 3 is 2.48 bits per heavy atom. The molecule has 5 nitrogen and oxygen atoms in total. The Morgan fingerprint density at radius 2 is 1.72 bits per heavy atom. The zero-order chi connectivity index (χ0) is 19.6. The maximum atomic E-state index is 5.99. The Kier molecular flexibility index (Phi) is 5.17. The average molecular weight is 406 g/mol. The number of pyridine rings is 1. The van der Waals surface area contributed by atoms with Gasteiger partial charge in [0.05, 0.1) is 5.69 Å². The molecular formula is C23H24ClN5. The molecule has 1 aromatic carbocycles. The zero-order valence-corrected chi connectivity index (χ0v) is 17.1. The van der Waals surface area contributed by atoms with Crippen molar-refractivity contribution in [2.75, 3.05) is 24.5 Å². The van der Waals surface area contributed by atoms with Crippen LogP contribution in [0.4, 0.5) is 5.82 Å². The minimum absolute atomic E-state index is 0.727. The van der Waals surface area contributed by atoms with Crippen LogP contribution in [0, 0.1) is 0 Å². The van der Waals surface area contributed by atoms with Crippen molar-refractivity contribution in [3.05, 3.63) is 70.6 Å². The standard InChI is InChI=1S/C23H24ClN5/c24-20-6-4-18(5-7-20)23-26-14-19-16-28(12-9-21(19)27-23)15-17-3-8-22(25-13-17)29-10-1-2-11-29/h3-8,13-14H,1-2,9-12,15-16H2. The molecule has 0 radical (unpaired) electrons. The third kappa shape index (κ3) is 4.11. The van der Waals surface area contributed by atoms with Gasteiger partial charge in [0.15, 0.2) is 5.82 Å². The maximum absolute atomic E-state index is 5.99. The fraction of sp³-hybridized carbons (Fsp3) is 0.348. The van der Waals surface area contributed by atoms with Crippen LogP contribution in [0.15, 0.2) is 48.8 Å². The molecule has 29 heavy (non-hydrogen) atoms. The van der Waals surface area contributed by atoms with Gasteiger partial charge in [0.1, 0.15) is 5.82 Å². The smallest absolute Gasteiger partial charge is 0.159 e. The lowest BCUT2D eigenvalue weighted by atomic mass is 10.1. The van der Waals surface area contributed by atoms with E-state index in [9.17, 15) is 0 Å². The Balaban J connectivity index is 1.25. The Hall–Kier alpha value is -2.50. The van der Waals surface area contributed by atoms with Gasteiger partial charge in [0.25, 0.3) is 0 Å². The fourth-order valence-corrected chi connectivity index (χ4v) is 4.28. The summed E-state index contributed by atoms with van der Waals surface area (Å²) in [4.78, 5) is 18.9. The molecule has 0 bridgehead atoms. The van der Waals surface area contributed by atoms with Crippen LogP contribution >= 0.6 is 11.6 Å². The summed E-state index contributed by atoms with van der Waals surface area (Å²) in [5.41, 5.74) is 4.64. The van der Waals surface area contributed by atoms with Gasteiger partial charge >= 0.3 is 0 Å². The first kappa shape index (κ1) is 18.5. The highest BCUT2D eigenvalue weighted by Crippen LogP contribution is 2.24. The monoisotopic (exact) mass is 405 g/mol. The predicted octanol–water partition coefficient (Wildman–Crippen LogP) is 4.35. The van der Waals surface area contributed by atoms with Crippen molar-refractivity contribution in [2.45, 2.75) is 32.4 Å². The van der Waals surface area contributed by atoms with Gasteiger partial charge in [0, 0.05) is 67.7 Å². The molecule has 2 aliphatic rings. The molecule has 4 heterocycles. The Bertz CT molecular complexity index is 981. The normalized spacial score (nSPS) is 16.8. The second kappa shape index (κ2) is 8.09. The molecule has 0 N–H and O–H groups in total. The van der Waals surface area contributed by atoms with Crippen LogP contribution in [0.2, 0.25) is 5.02 Å². The molecule has 0 aliphatic carbocycles. The van der Waals surface area contributed by atoms with E-state index in [0.29, 0.717) is 0 Å². The van der Waals surface area contributed by atoms with Crippen molar-refractivity contribution in [3.8, 4) is 11.4 Å². The van der Waals surface area contributed by atoms with Crippen LogP contribution in [-0.2, 0) is 19.5 Å². The lowest BCUT2D eigenvalue weighted by Crippen LogP contribution is -2.31. The molecule has 1 saturated heterocycles. The van der Waals surface area contributed by atoms with E-state index in [4.69, 9.17) is 16.6 Å². The predicted molar refractivity (Wildman–Crippen MR) is 116 cm³/mol. The molecule has 0 unspecified atom stereocenters. The summed E-state index contributed by atoms with van der Waals surface area (Å²) in [5, 5.41) is 0.727. The van der Waals surface area contributed by atoms with Gasteiger partial charge in [0.2, 0.25) is 0 Å². The van der Waals surface area contributed by atoms with Gasteiger partial charge in [-0.3, -0.25) is 4.90 Å². The number of nitrogens with zero attached hydrogens (tertiary/aromatic N) is 5. The van der Waals surface area contributed by atoms with E-state index >= 15 is 0 Å². The van der Waals surface area contributed by atoms with Crippen molar-refractivity contribution in [3.63, 3.8) is 0 Å². The zero-order valence-electron chi connectivity index (χ0n) is 16.4. The molecule has 6 heteroatoms. The van der Waals surface area contributed by atoms with Gasteiger partial charge in [-0.1, -0.05) is 17.7 Å². The number of aromatic nitrogens is 3. The van der Waals surface area contributed by atoms with Gasteiger partial charge in [-0.25, -0.2) is 15.0 Å². The van der Waals surface area contributed by atoms with E-state index < -0.39 is 0 Å². The summed E-state index contributed by atoms with van der Waals surface area (Å²) < 4.78 is 0. The molecule has 1 fully saturated rings. The van der Waals surface area contributed by atoms with Crippen molar-refractivity contribution in [2.24, 2.45) is 0 Å². The van der Waals surface area contributed by atoms with Crippen LogP contribution in [0.5, 0.6) is 0 Å². The van der Waals surface area contributed by atoms with Crippen molar-refractivity contribution in [1.82, 2.24) is 19.9 Å². The number of fused-ring (bicyclic) bond motifs is 1. The highest BCUT2D eigenvalue weighted by Gasteiger charge is 2.19. The SMILES string of the molecule is Clc1ccc(-c2ncc3c(n2)CCN(Cc2ccc(N4CCCC4)nc2)C3)cc1. The van der Waals surface area contributed by atoms with Crippen LogP contribution in [0.3, 0.4) is 0 Å². The van der Waals surface area contributed by atoms with E-state index in [1.807, 2.05) is 36.7 Å². The highest BCUT2D eigenvalue weighted by atomic mass is 35.5. The Morgan fingerprint density at radius 1 is 0.897 bits per heavy atom. The second-order valence-electron chi connectivity index (χ2n) is 7.85. The third-order valence-electron chi connectivity index (χ3n) is 5.76. The summed E-state index contributed by atoms with van der Waals surface area (Å²) in [6, 6.07) is 12.1. The van der Waals surface area contributed by atoms with Gasteiger partial charge in [-0.15, -0.1) is 0 Å². The lowest BCUT2D eigenvalue weighted by Gasteiger charge is -2.28. The summed E-state index contributed by atoms with van der Waals surface area (Å²) in [6.07, 6.45) is 7.50. The molecule has 0 atom stereocenters. The van der Waals surface area contributed by atoms with Gasteiger partial charge in [-0.05, 0) is 48.7 Å². The van der Waals surface area contributed by atoms with E-state index in [1.165, 1.54) is 24.0 Å². The quantitative estimate of drug-likeness (QED) is 0.645. The number of rotatable bonds is 4. The number of hydrogen-bond donors (Lipinski definition) is 0. The molecule has 3 aromatic rings. The number of hydrogen-bond acceptors (Lipinski definition) is 5. The van der Waals surface area contributed by atoms with E-state index in [2.05, 4.69) is 31.9 Å². The molecule has 0 spiro atoms. The Labute approximate surface area is 176 Å². The molecule has 148 valence electrons. The summed E-state index contributed by atoms with van der Waals surface area (Å²) in [7, 11) is 0. The number of halogens is 1. The van der Waals surface area contributed by atoms with Crippen LogP contribution in [0.25, 0.3) is 11.4 Å². The summed E-state index contributed by atoms with van der Waals surface area (Å²) >= 11 is 5.99. The molecular weight excluding hydrogens is 382 g/mol. The molecule has 2 aliphatic heterocycles. The van der Waals surface area contributed by atoms with Crippen molar-refractivity contribution in [1.29, 1.82) is 0 Å². The van der Waals surface area contributed by atoms with Crippen LogP contribution < -0.4 is 4.90 Å². The van der Waals surface area contributed by atoms with Gasteiger partial charge < -0.3 is 4.90 Å². The first-order valence-electron chi connectivity index (χ1n) is 10.3. The number of anilines is 1. The van der Waals surface area contributed by atoms with E-state index in [0.717, 1.165) is 67.1 Å². The highest BCUT2D eigenvalue weighted by molar-refractivity contribution is 6.30. The topological polar surface area (TPSA) is 45.2 Å². The van der Waals surface area contributed by atoms with Crippen LogP contribution in [0.1, 0.15) is 29.7 Å².